The number of carbonyl (C=O) groups excluding carboxylic acids is 2. The average molecular weight is 750 g/mol. The van der Waals surface area contributed by atoms with Crippen molar-refractivity contribution < 1.29 is 24.5 Å². The zero-order chi connectivity index (χ0) is 38.9. The molecule has 0 aromatic rings. The smallest absolute Gasteiger partial charge is 0.306 e. The number of esters is 1. The summed E-state index contributed by atoms with van der Waals surface area (Å²) in [6.45, 7) is 6.45. The van der Waals surface area contributed by atoms with Gasteiger partial charge in [-0.1, -0.05) is 206 Å². The Kier molecular flexibility index (Phi) is 40.7. The minimum Gasteiger partial charge on any atom is -0.462 e. The predicted octanol–water partition coefficient (Wildman–Crippen LogP) is 13.4. The minimum absolute atomic E-state index is 0.0629. The van der Waals surface area contributed by atoms with Gasteiger partial charge in [-0.25, -0.2) is 0 Å². The number of allylic oxidation sites excluding steroid dienone is 2. The van der Waals surface area contributed by atoms with Crippen molar-refractivity contribution in [1.82, 2.24) is 5.32 Å². The summed E-state index contributed by atoms with van der Waals surface area (Å²) in [4.78, 5) is 25.9. The van der Waals surface area contributed by atoms with E-state index < -0.39 is 18.2 Å². The third-order valence-corrected chi connectivity index (χ3v) is 10.8. The maximum atomic E-state index is 13.1. The summed E-state index contributed by atoms with van der Waals surface area (Å²) in [5.74, 6) is -0.493. The Hall–Kier alpha value is -1.40. The Balaban J connectivity index is 4.60. The maximum absolute atomic E-state index is 13.1. The molecule has 0 heterocycles. The molecule has 1 amide bonds. The van der Waals surface area contributed by atoms with E-state index in [1.165, 1.54) is 148 Å². The Bertz CT molecular complexity index is 802. The van der Waals surface area contributed by atoms with Gasteiger partial charge in [0.05, 0.1) is 25.2 Å². The number of nitrogens with one attached hydrogen (secondary N) is 1. The van der Waals surface area contributed by atoms with E-state index in [9.17, 15) is 19.8 Å². The van der Waals surface area contributed by atoms with E-state index in [1.807, 2.05) is 0 Å². The molecule has 0 aliphatic heterocycles. The summed E-state index contributed by atoms with van der Waals surface area (Å²) < 4.78 is 5.89. The minimum atomic E-state index is -0.786. The molecule has 0 radical (unpaired) electrons. The average Bonchev–Trinajstić information content (AvgIpc) is 3.15. The highest BCUT2D eigenvalue weighted by molar-refractivity contribution is 5.77. The highest BCUT2D eigenvalue weighted by Gasteiger charge is 2.24. The molecule has 0 spiro atoms. The molecule has 0 saturated heterocycles. The van der Waals surface area contributed by atoms with Crippen LogP contribution >= 0.6 is 0 Å². The molecule has 0 fully saturated rings. The van der Waals surface area contributed by atoms with Gasteiger partial charge in [0.25, 0.3) is 0 Å². The zero-order valence-corrected chi connectivity index (χ0v) is 35.7. The topological polar surface area (TPSA) is 95.9 Å². The summed E-state index contributed by atoms with van der Waals surface area (Å²) in [6.07, 6.45) is 44.1. The van der Waals surface area contributed by atoms with Crippen LogP contribution in [0.4, 0.5) is 0 Å². The first-order valence-corrected chi connectivity index (χ1v) is 23.4. The summed E-state index contributed by atoms with van der Waals surface area (Å²) >= 11 is 0. The van der Waals surface area contributed by atoms with Crippen molar-refractivity contribution in [2.45, 2.75) is 270 Å². The van der Waals surface area contributed by atoms with Crippen LogP contribution in [0.3, 0.4) is 0 Å². The fourth-order valence-corrected chi connectivity index (χ4v) is 7.25. The molecule has 0 aliphatic carbocycles. The standard InChI is InChI=1S/C47H91NO5/c1-4-7-10-13-16-19-22-24-26-29-32-35-38-43(53-47(52)40-37-34-31-28-25-23-20-17-14-11-8-5-2)41-46(51)48-44(42-49)45(50)39-36-33-30-27-21-18-15-12-9-6-3/h26,29,43-45,49-50H,4-25,27-28,30-42H2,1-3H3,(H,48,51)/b29-26-. The second-order valence-corrected chi connectivity index (χ2v) is 16.2. The number of carbonyl (C=O) groups is 2. The Morgan fingerprint density at radius 3 is 1.38 bits per heavy atom. The van der Waals surface area contributed by atoms with Gasteiger partial charge in [0.15, 0.2) is 0 Å². The van der Waals surface area contributed by atoms with E-state index in [1.54, 1.807) is 0 Å². The van der Waals surface area contributed by atoms with Crippen molar-refractivity contribution in [2.75, 3.05) is 6.61 Å². The molecular formula is C47H91NO5. The highest BCUT2D eigenvalue weighted by Crippen LogP contribution is 2.17. The van der Waals surface area contributed by atoms with E-state index in [4.69, 9.17) is 4.74 Å². The van der Waals surface area contributed by atoms with E-state index in [0.717, 1.165) is 57.8 Å². The lowest BCUT2D eigenvalue weighted by Crippen LogP contribution is -2.46. The van der Waals surface area contributed by atoms with Crippen LogP contribution in [0.15, 0.2) is 12.2 Å². The molecule has 0 bridgehead atoms. The lowest BCUT2D eigenvalue weighted by molar-refractivity contribution is -0.151. The quantitative estimate of drug-likeness (QED) is 0.0328. The molecule has 53 heavy (non-hydrogen) atoms. The molecule has 6 nitrogen and oxygen atoms in total. The summed E-state index contributed by atoms with van der Waals surface area (Å²) in [7, 11) is 0. The van der Waals surface area contributed by atoms with Gasteiger partial charge in [0.2, 0.25) is 5.91 Å². The van der Waals surface area contributed by atoms with Crippen molar-refractivity contribution in [1.29, 1.82) is 0 Å². The number of hydrogen-bond donors (Lipinski definition) is 3. The van der Waals surface area contributed by atoms with Gasteiger partial charge in [-0.3, -0.25) is 9.59 Å². The third-order valence-electron chi connectivity index (χ3n) is 10.8. The molecule has 0 aromatic heterocycles. The first-order valence-electron chi connectivity index (χ1n) is 23.4. The number of aliphatic hydroxyl groups excluding tert-OH is 2. The van der Waals surface area contributed by atoms with E-state index in [-0.39, 0.29) is 24.9 Å². The first kappa shape index (κ1) is 51.6. The lowest BCUT2D eigenvalue weighted by Gasteiger charge is -2.24. The lowest BCUT2D eigenvalue weighted by atomic mass is 10.0. The van der Waals surface area contributed by atoms with Gasteiger partial charge in [0, 0.05) is 6.42 Å². The second-order valence-electron chi connectivity index (χ2n) is 16.2. The molecule has 3 atom stereocenters. The van der Waals surface area contributed by atoms with Gasteiger partial charge in [-0.15, -0.1) is 0 Å². The fourth-order valence-electron chi connectivity index (χ4n) is 7.25. The Morgan fingerprint density at radius 1 is 0.528 bits per heavy atom. The molecule has 314 valence electrons. The zero-order valence-electron chi connectivity index (χ0n) is 35.7. The Labute approximate surface area is 329 Å². The van der Waals surface area contributed by atoms with Crippen LogP contribution in [0, 0.1) is 0 Å². The van der Waals surface area contributed by atoms with E-state index >= 15 is 0 Å². The third kappa shape index (κ3) is 37.3. The number of hydrogen-bond acceptors (Lipinski definition) is 5. The Morgan fingerprint density at radius 2 is 0.925 bits per heavy atom. The molecule has 0 rings (SSSR count). The van der Waals surface area contributed by atoms with Crippen molar-refractivity contribution in [2.24, 2.45) is 0 Å². The normalized spacial score (nSPS) is 13.4. The summed E-state index contributed by atoms with van der Waals surface area (Å²) in [5.41, 5.74) is 0. The summed E-state index contributed by atoms with van der Waals surface area (Å²) in [6, 6.07) is -0.701. The fraction of sp³-hybridized carbons (Fsp3) is 0.915. The number of rotatable bonds is 42. The second kappa shape index (κ2) is 41.8. The molecule has 0 aromatic carbocycles. The molecule has 3 N–H and O–H groups in total. The van der Waals surface area contributed by atoms with Crippen LogP contribution in [0.25, 0.3) is 0 Å². The van der Waals surface area contributed by atoms with Crippen molar-refractivity contribution in [3.05, 3.63) is 12.2 Å². The molecule has 6 heteroatoms. The maximum Gasteiger partial charge on any atom is 0.306 e. The van der Waals surface area contributed by atoms with Crippen molar-refractivity contribution in [3.63, 3.8) is 0 Å². The van der Waals surface area contributed by atoms with Gasteiger partial charge < -0.3 is 20.3 Å². The van der Waals surface area contributed by atoms with Gasteiger partial charge in [0.1, 0.15) is 6.10 Å². The van der Waals surface area contributed by atoms with E-state index in [2.05, 4.69) is 38.2 Å². The van der Waals surface area contributed by atoms with Crippen LogP contribution in [-0.2, 0) is 14.3 Å². The van der Waals surface area contributed by atoms with Gasteiger partial charge >= 0.3 is 5.97 Å². The van der Waals surface area contributed by atoms with Crippen LogP contribution in [-0.4, -0.2) is 46.9 Å². The molecule has 0 aliphatic rings. The first-order chi connectivity index (χ1) is 26.0. The number of amides is 1. The monoisotopic (exact) mass is 750 g/mol. The highest BCUT2D eigenvalue weighted by atomic mass is 16.5. The SMILES string of the molecule is CCCCCCCCC/C=C\CCCC(CC(=O)NC(CO)C(O)CCCCCCCCCCCC)OC(=O)CCCCCCCCCCCCCC. The van der Waals surface area contributed by atoms with Gasteiger partial charge in [-0.2, -0.15) is 0 Å². The van der Waals surface area contributed by atoms with Crippen LogP contribution in [0.5, 0.6) is 0 Å². The predicted molar refractivity (Wildman–Crippen MR) is 227 cm³/mol. The molecular weight excluding hydrogens is 659 g/mol. The summed E-state index contributed by atoms with van der Waals surface area (Å²) in [5, 5.41) is 23.6. The van der Waals surface area contributed by atoms with Gasteiger partial charge in [-0.05, 0) is 44.9 Å². The number of aliphatic hydroxyl groups is 2. The van der Waals surface area contributed by atoms with Crippen molar-refractivity contribution >= 4 is 11.9 Å². The van der Waals surface area contributed by atoms with Crippen LogP contribution in [0.2, 0.25) is 0 Å². The van der Waals surface area contributed by atoms with Crippen LogP contribution < -0.4 is 5.32 Å². The molecule has 3 unspecified atom stereocenters. The van der Waals surface area contributed by atoms with Crippen molar-refractivity contribution in [3.8, 4) is 0 Å². The molecule has 0 saturated carbocycles. The number of unbranched alkanes of at least 4 members (excludes halogenated alkanes) is 28. The number of ether oxygens (including phenoxy) is 1. The largest absolute Gasteiger partial charge is 0.462 e. The van der Waals surface area contributed by atoms with Crippen LogP contribution in [0.1, 0.15) is 252 Å². The van der Waals surface area contributed by atoms with E-state index in [0.29, 0.717) is 19.3 Å².